The van der Waals surface area contributed by atoms with Gasteiger partial charge in [0.25, 0.3) is 5.91 Å². The number of hydrogen-bond acceptors (Lipinski definition) is 3. The highest BCUT2D eigenvalue weighted by molar-refractivity contribution is 6.32. The van der Waals surface area contributed by atoms with E-state index in [1.165, 1.54) is 0 Å². The first kappa shape index (κ1) is 19.1. The van der Waals surface area contributed by atoms with Crippen LogP contribution in [0, 0.1) is 19.8 Å². The Bertz CT molecular complexity index is 703. The quantitative estimate of drug-likeness (QED) is 0.754. The standard InChI is InChI=1S/C20H24ClNO3/c1-13(2)11-24-17-7-5-16(6-8-17)22-19(23)12-25-18-9-14(3)20(21)15(4)10-18/h5-10,13H,11-12H2,1-4H3,(H,22,23). The third-order valence-electron chi connectivity index (χ3n) is 3.50. The molecule has 2 aromatic rings. The van der Waals surface area contributed by atoms with Gasteiger partial charge in [-0.05, 0) is 67.3 Å². The van der Waals surface area contributed by atoms with E-state index in [0.29, 0.717) is 24.0 Å². The molecular weight excluding hydrogens is 338 g/mol. The molecule has 25 heavy (non-hydrogen) atoms. The first-order valence-corrected chi connectivity index (χ1v) is 8.65. The number of halogens is 1. The van der Waals surface area contributed by atoms with E-state index < -0.39 is 0 Å². The van der Waals surface area contributed by atoms with Crippen LogP contribution >= 0.6 is 11.6 Å². The van der Waals surface area contributed by atoms with Crippen molar-refractivity contribution in [1.29, 1.82) is 0 Å². The zero-order valence-electron chi connectivity index (χ0n) is 15.1. The van der Waals surface area contributed by atoms with Gasteiger partial charge in [-0.25, -0.2) is 0 Å². The van der Waals surface area contributed by atoms with Gasteiger partial charge < -0.3 is 14.8 Å². The van der Waals surface area contributed by atoms with Gasteiger partial charge in [0, 0.05) is 10.7 Å². The molecule has 0 atom stereocenters. The molecule has 0 fully saturated rings. The summed E-state index contributed by atoms with van der Waals surface area (Å²) in [5, 5.41) is 3.52. The van der Waals surface area contributed by atoms with E-state index in [-0.39, 0.29) is 12.5 Å². The van der Waals surface area contributed by atoms with E-state index in [1.54, 1.807) is 0 Å². The lowest BCUT2D eigenvalue weighted by atomic mass is 10.1. The van der Waals surface area contributed by atoms with Crippen molar-refractivity contribution in [3.05, 3.63) is 52.5 Å². The number of carbonyl (C=O) groups excluding carboxylic acids is 1. The number of anilines is 1. The second kappa shape index (κ2) is 8.77. The second-order valence-electron chi connectivity index (χ2n) is 6.44. The van der Waals surface area contributed by atoms with Crippen LogP contribution in [0.1, 0.15) is 25.0 Å². The molecule has 134 valence electrons. The summed E-state index contributed by atoms with van der Waals surface area (Å²) in [6.07, 6.45) is 0. The molecule has 0 aromatic heterocycles. The van der Waals surface area contributed by atoms with Crippen molar-refractivity contribution < 1.29 is 14.3 Å². The molecule has 0 aliphatic heterocycles. The zero-order valence-corrected chi connectivity index (χ0v) is 15.8. The number of nitrogens with one attached hydrogen (secondary N) is 1. The lowest BCUT2D eigenvalue weighted by molar-refractivity contribution is -0.118. The van der Waals surface area contributed by atoms with Crippen LogP contribution in [0.4, 0.5) is 5.69 Å². The summed E-state index contributed by atoms with van der Waals surface area (Å²) in [4.78, 5) is 12.0. The largest absolute Gasteiger partial charge is 0.493 e. The van der Waals surface area contributed by atoms with Crippen molar-refractivity contribution in [3.63, 3.8) is 0 Å². The zero-order chi connectivity index (χ0) is 18.4. The first-order valence-electron chi connectivity index (χ1n) is 8.27. The number of carbonyl (C=O) groups is 1. The third-order valence-corrected chi connectivity index (χ3v) is 4.10. The molecule has 2 rings (SSSR count). The third kappa shape index (κ3) is 5.98. The van der Waals surface area contributed by atoms with E-state index in [2.05, 4.69) is 19.2 Å². The highest BCUT2D eigenvalue weighted by atomic mass is 35.5. The van der Waals surface area contributed by atoms with E-state index in [4.69, 9.17) is 21.1 Å². The Morgan fingerprint density at radius 2 is 1.64 bits per heavy atom. The topological polar surface area (TPSA) is 47.6 Å². The van der Waals surface area contributed by atoms with Crippen molar-refractivity contribution in [2.24, 2.45) is 5.92 Å². The minimum absolute atomic E-state index is 0.0634. The number of hydrogen-bond donors (Lipinski definition) is 1. The van der Waals surface area contributed by atoms with Crippen LogP contribution in [0.25, 0.3) is 0 Å². The molecule has 0 saturated heterocycles. The van der Waals surface area contributed by atoms with Gasteiger partial charge in [-0.3, -0.25) is 4.79 Å². The van der Waals surface area contributed by atoms with E-state index in [0.717, 1.165) is 21.9 Å². The Kier molecular flexibility index (Phi) is 6.71. The Labute approximate surface area is 154 Å². The molecule has 0 aliphatic carbocycles. The predicted octanol–water partition coefficient (Wildman–Crippen LogP) is 5.01. The average Bonchev–Trinajstić information content (AvgIpc) is 2.57. The Balaban J connectivity index is 1.86. The molecule has 1 amide bonds. The molecule has 0 heterocycles. The van der Waals surface area contributed by atoms with Gasteiger partial charge in [-0.1, -0.05) is 25.4 Å². The second-order valence-corrected chi connectivity index (χ2v) is 6.82. The van der Waals surface area contributed by atoms with Crippen LogP contribution in [0.2, 0.25) is 5.02 Å². The molecular formula is C20H24ClNO3. The van der Waals surface area contributed by atoms with Gasteiger partial charge in [0.05, 0.1) is 6.61 Å². The van der Waals surface area contributed by atoms with Gasteiger partial charge in [-0.15, -0.1) is 0 Å². The van der Waals surface area contributed by atoms with Crippen molar-refractivity contribution in [2.45, 2.75) is 27.7 Å². The van der Waals surface area contributed by atoms with E-state index in [1.807, 2.05) is 50.2 Å². The van der Waals surface area contributed by atoms with Gasteiger partial charge in [-0.2, -0.15) is 0 Å². The number of ether oxygens (including phenoxy) is 2. The van der Waals surface area contributed by atoms with Crippen molar-refractivity contribution >= 4 is 23.2 Å². The summed E-state index contributed by atoms with van der Waals surface area (Å²) >= 11 is 6.13. The average molecular weight is 362 g/mol. The van der Waals surface area contributed by atoms with E-state index in [9.17, 15) is 4.79 Å². The molecule has 5 heteroatoms. The van der Waals surface area contributed by atoms with Crippen LogP contribution in [-0.2, 0) is 4.79 Å². The summed E-state index contributed by atoms with van der Waals surface area (Å²) in [6, 6.07) is 10.9. The summed E-state index contributed by atoms with van der Waals surface area (Å²) in [6.45, 7) is 8.61. The molecule has 0 radical (unpaired) electrons. The summed E-state index contributed by atoms with van der Waals surface area (Å²) < 4.78 is 11.2. The molecule has 0 spiro atoms. The highest BCUT2D eigenvalue weighted by Gasteiger charge is 2.07. The van der Waals surface area contributed by atoms with Crippen molar-refractivity contribution in [2.75, 3.05) is 18.5 Å². The molecule has 0 aliphatic rings. The maximum absolute atomic E-state index is 12.0. The molecule has 4 nitrogen and oxygen atoms in total. The number of aryl methyl sites for hydroxylation is 2. The van der Waals surface area contributed by atoms with Crippen LogP contribution in [0.3, 0.4) is 0 Å². The van der Waals surface area contributed by atoms with Crippen LogP contribution in [0.15, 0.2) is 36.4 Å². The predicted molar refractivity (Wildman–Crippen MR) is 102 cm³/mol. The molecule has 2 aromatic carbocycles. The van der Waals surface area contributed by atoms with Crippen LogP contribution in [-0.4, -0.2) is 19.1 Å². The fourth-order valence-corrected chi connectivity index (χ4v) is 2.34. The maximum Gasteiger partial charge on any atom is 0.262 e. The summed E-state index contributed by atoms with van der Waals surface area (Å²) in [5.74, 6) is 1.67. The molecule has 0 saturated carbocycles. The summed E-state index contributed by atoms with van der Waals surface area (Å²) in [7, 11) is 0. The molecule has 1 N–H and O–H groups in total. The van der Waals surface area contributed by atoms with Gasteiger partial charge >= 0.3 is 0 Å². The Hall–Kier alpha value is -2.20. The first-order chi connectivity index (χ1) is 11.8. The van der Waals surface area contributed by atoms with Gasteiger partial charge in [0.1, 0.15) is 11.5 Å². The molecule has 0 bridgehead atoms. The normalized spacial score (nSPS) is 10.6. The summed E-state index contributed by atoms with van der Waals surface area (Å²) in [5.41, 5.74) is 2.55. The lowest BCUT2D eigenvalue weighted by Gasteiger charge is -2.11. The minimum Gasteiger partial charge on any atom is -0.493 e. The fraction of sp³-hybridized carbons (Fsp3) is 0.350. The van der Waals surface area contributed by atoms with Crippen molar-refractivity contribution in [1.82, 2.24) is 0 Å². The maximum atomic E-state index is 12.0. The van der Waals surface area contributed by atoms with Crippen LogP contribution in [0.5, 0.6) is 11.5 Å². The molecule has 0 unspecified atom stereocenters. The highest BCUT2D eigenvalue weighted by Crippen LogP contribution is 2.25. The SMILES string of the molecule is Cc1cc(OCC(=O)Nc2ccc(OCC(C)C)cc2)cc(C)c1Cl. The van der Waals surface area contributed by atoms with Crippen molar-refractivity contribution in [3.8, 4) is 11.5 Å². The van der Waals surface area contributed by atoms with Gasteiger partial charge in [0.2, 0.25) is 0 Å². The van der Waals surface area contributed by atoms with Gasteiger partial charge in [0.15, 0.2) is 6.61 Å². The fourth-order valence-electron chi connectivity index (χ4n) is 2.23. The monoisotopic (exact) mass is 361 g/mol. The number of benzene rings is 2. The Morgan fingerprint density at radius 1 is 1.04 bits per heavy atom. The van der Waals surface area contributed by atoms with E-state index >= 15 is 0 Å². The Morgan fingerprint density at radius 3 is 2.20 bits per heavy atom. The lowest BCUT2D eigenvalue weighted by Crippen LogP contribution is -2.20. The van der Waals surface area contributed by atoms with Crippen LogP contribution < -0.4 is 14.8 Å². The smallest absolute Gasteiger partial charge is 0.262 e. The number of amides is 1. The minimum atomic E-state index is -0.221. The number of rotatable bonds is 7.